The van der Waals surface area contributed by atoms with Crippen LogP contribution in [0.25, 0.3) is 32.9 Å². The Morgan fingerprint density at radius 2 is 1.57 bits per heavy atom. The van der Waals surface area contributed by atoms with Crippen molar-refractivity contribution in [1.29, 1.82) is 0 Å². The first-order chi connectivity index (χ1) is 13.8. The Kier molecular flexibility index (Phi) is 5.68. The van der Waals surface area contributed by atoms with Gasteiger partial charge in [-0.05, 0) is 45.6 Å². The van der Waals surface area contributed by atoms with Crippen LogP contribution in [0.4, 0.5) is 0 Å². The highest BCUT2D eigenvalue weighted by Crippen LogP contribution is 2.34. The van der Waals surface area contributed by atoms with Gasteiger partial charge in [0.05, 0.1) is 6.61 Å². The SMILES string of the molecule is CCCCCCOc1nc(Cl)nc(-c2cc3ccccc3c3ccccc23)n1. The molecule has 5 heteroatoms. The highest BCUT2D eigenvalue weighted by atomic mass is 35.5. The molecule has 4 nitrogen and oxygen atoms in total. The summed E-state index contributed by atoms with van der Waals surface area (Å²) in [4.78, 5) is 13.1. The Labute approximate surface area is 169 Å². The van der Waals surface area contributed by atoms with Crippen molar-refractivity contribution in [3.8, 4) is 17.4 Å². The zero-order valence-electron chi connectivity index (χ0n) is 15.9. The first-order valence-electron chi connectivity index (χ1n) is 9.71. The number of hydrogen-bond acceptors (Lipinski definition) is 4. The largest absolute Gasteiger partial charge is 0.463 e. The van der Waals surface area contributed by atoms with Crippen LogP contribution in [0.15, 0.2) is 54.6 Å². The van der Waals surface area contributed by atoms with E-state index < -0.39 is 0 Å². The van der Waals surface area contributed by atoms with Gasteiger partial charge >= 0.3 is 6.01 Å². The van der Waals surface area contributed by atoms with E-state index in [1.54, 1.807) is 0 Å². The number of benzene rings is 3. The molecule has 4 rings (SSSR count). The molecule has 0 amide bonds. The lowest BCUT2D eigenvalue weighted by atomic mass is 9.97. The third kappa shape index (κ3) is 3.92. The molecule has 0 aliphatic carbocycles. The Morgan fingerprint density at radius 3 is 2.39 bits per heavy atom. The summed E-state index contributed by atoms with van der Waals surface area (Å²) in [6.45, 7) is 2.77. The van der Waals surface area contributed by atoms with Gasteiger partial charge in [-0.1, -0.05) is 74.7 Å². The van der Waals surface area contributed by atoms with Crippen molar-refractivity contribution in [3.05, 3.63) is 59.9 Å². The number of rotatable bonds is 7. The quantitative estimate of drug-likeness (QED) is 0.268. The predicted molar refractivity (Wildman–Crippen MR) is 115 cm³/mol. The van der Waals surface area contributed by atoms with E-state index >= 15 is 0 Å². The maximum Gasteiger partial charge on any atom is 0.321 e. The van der Waals surface area contributed by atoms with Crippen LogP contribution in [0.2, 0.25) is 5.28 Å². The highest BCUT2D eigenvalue weighted by Gasteiger charge is 2.13. The summed E-state index contributed by atoms with van der Waals surface area (Å²) in [5, 5.41) is 4.72. The van der Waals surface area contributed by atoms with Gasteiger partial charge in [0.2, 0.25) is 5.28 Å². The smallest absolute Gasteiger partial charge is 0.321 e. The average Bonchev–Trinajstić information content (AvgIpc) is 2.72. The Balaban J connectivity index is 1.75. The fourth-order valence-corrected chi connectivity index (χ4v) is 3.60. The Hall–Kier alpha value is -2.72. The van der Waals surface area contributed by atoms with Gasteiger partial charge in [0, 0.05) is 5.56 Å². The van der Waals surface area contributed by atoms with Crippen LogP contribution in [0.5, 0.6) is 6.01 Å². The van der Waals surface area contributed by atoms with Crippen molar-refractivity contribution in [2.24, 2.45) is 0 Å². The van der Waals surface area contributed by atoms with Crippen molar-refractivity contribution in [3.63, 3.8) is 0 Å². The molecule has 1 aromatic heterocycles. The lowest BCUT2D eigenvalue weighted by Gasteiger charge is -2.11. The van der Waals surface area contributed by atoms with Crippen LogP contribution in [-0.2, 0) is 0 Å². The number of fused-ring (bicyclic) bond motifs is 3. The first kappa shape index (κ1) is 18.6. The number of halogens is 1. The second-order valence-electron chi connectivity index (χ2n) is 6.81. The molecule has 28 heavy (non-hydrogen) atoms. The standard InChI is InChI=1S/C23H22ClN3O/c1-2-3-4-9-14-28-23-26-21(25-22(24)27-23)20-15-16-10-5-6-11-17(16)18-12-7-8-13-19(18)20/h5-8,10-13,15H,2-4,9,14H2,1H3. The third-order valence-electron chi connectivity index (χ3n) is 4.83. The molecular formula is C23H22ClN3O. The summed E-state index contributed by atoms with van der Waals surface area (Å²) in [5.74, 6) is 0.533. The number of nitrogens with zero attached hydrogens (tertiary/aromatic N) is 3. The molecule has 1 heterocycles. The first-order valence-corrected chi connectivity index (χ1v) is 10.1. The van der Waals surface area contributed by atoms with E-state index in [1.165, 1.54) is 18.2 Å². The van der Waals surface area contributed by atoms with E-state index in [4.69, 9.17) is 16.3 Å². The molecule has 0 bridgehead atoms. The molecule has 0 radical (unpaired) electrons. The zero-order valence-corrected chi connectivity index (χ0v) is 16.6. The average molecular weight is 392 g/mol. The highest BCUT2D eigenvalue weighted by molar-refractivity contribution is 6.28. The second-order valence-corrected chi connectivity index (χ2v) is 7.15. The minimum atomic E-state index is 0.144. The molecule has 0 saturated carbocycles. The number of aromatic nitrogens is 3. The summed E-state index contributed by atoms with van der Waals surface area (Å²) in [6.07, 6.45) is 4.51. The summed E-state index contributed by atoms with van der Waals surface area (Å²) in [6, 6.07) is 19.0. The van der Waals surface area contributed by atoms with Crippen LogP contribution in [0, 0.1) is 0 Å². The second kappa shape index (κ2) is 8.53. The Bertz CT molecular complexity index is 1110. The number of hydrogen-bond donors (Lipinski definition) is 0. The van der Waals surface area contributed by atoms with Crippen molar-refractivity contribution >= 4 is 33.1 Å². The maximum absolute atomic E-state index is 6.19. The number of ether oxygens (including phenoxy) is 1. The molecule has 0 aliphatic heterocycles. The Morgan fingerprint density at radius 1 is 0.821 bits per heavy atom. The molecule has 0 saturated heterocycles. The third-order valence-corrected chi connectivity index (χ3v) is 4.99. The lowest BCUT2D eigenvalue weighted by Crippen LogP contribution is -2.04. The van der Waals surface area contributed by atoms with Gasteiger partial charge in [-0.2, -0.15) is 15.0 Å². The van der Waals surface area contributed by atoms with Gasteiger partial charge < -0.3 is 4.74 Å². The molecule has 0 spiro atoms. The van der Waals surface area contributed by atoms with Gasteiger partial charge in [-0.3, -0.25) is 0 Å². The summed E-state index contributed by atoms with van der Waals surface area (Å²) in [5.41, 5.74) is 0.925. The van der Waals surface area contributed by atoms with E-state index in [0.717, 1.165) is 34.6 Å². The lowest BCUT2D eigenvalue weighted by molar-refractivity contribution is 0.281. The topological polar surface area (TPSA) is 47.9 Å². The van der Waals surface area contributed by atoms with Crippen LogP contribution < -0.4 is 4.74 Å². The summed E-state index contributed by atoms with van der Waals surface area (Å²) >= 11 is 6.19. The van der Waals surface area contributed by atoms with E-state index in [9.17, 15) is 0 Å². The van der Waals surface area contributed by atoms with E-state index in [1.807, 2.05) is 18.2 Å². The van der Waals surface area contributed by atoms with Crippen molar-refractivity contribution in [2.75, 3.05) is 6.61 Å². The normalized spacial score (nSPS) is 11.2. The molecule has 0 atom stereocenters. The predicted octanol–water partition coefficient (Wildman–Crippen LogP) is 6.46. The van der Waals surface area contributed by atoms with Crippen LogP contribution in [-0.4, -0.2) is 21.6 Å². The molecule has 142 valence electrons. The van der Waals surface area contributed by atoms with Gasteiger partial charge in [0.15, 0.2) is 5.82 Å². The zero-order chi connectivity index (χ0) is 19.3. The molecule has 4 aromatic rings. The van der Waals surface area contributed by atoms with Crippen LogP contribution in [0.3, 0.4) is 0 Å². The van der Waals surface area contributed by atoms with Crippen LogP contribution >= 0.6 is 11.6 Å². The monoisotopic (exact) mass is 391 g/mol. The molecule has 0 N–H and O–H groups in total. The van der Waals surface area contributed by atoms with Crippen molar-refractivity contribution in [1.82, 2.24) is 15.0 Å². The van der Waals surface area contributed by atoms with Crippen molar-refractivity contribution in [2.45, 2.75) is 32.6 Å². The van der Waals surface area contributed by atoms with Gasteiger partial charge in [-0.15, -0.1) is 0 Å². The minimum absolute atomic E-state index is 0.144. The van der Waals surface area contributed by atoms with Gasteiger partial charge in [0.1, 0.15) is 0 Å². The van der Waals surface area contributed by atoms with E-state index in [0.29, 0.717) is 12.4 Å². The fourth-order valence-electron chi connectivity index (χ4n) is 3.45. The van der Waals surface area contributed by atoms with Gasteiger partial charge in [-0.25, -0.2) is 0 Å². The molecule has 0 aliphatic rings. The summed E-state index contributed by atoms with van der Waals surface area (Å²) < 4.78 is 5.75. The van der Waals surface area contributed by atoms with E-state index in [-0.39, 0.29) is 11.3 Å². The molecular weight excluding hydrogens is 370 g/mol. The van der Waals surface area contributed by atoms with Crippen molar-refractivity contribution < 1.29 is 4.74 Å². The summed E-state index contributed by atoms with van der Waals surface area (Å²) in [7, 11) is 0. The molecule has 0 unspecified atom stereocenters. The fraction of sp³-hybridized carbons (Fsp3) is 0.261. The number of unbranched alkanes of at least 4 members (excludes halogenated alkanes) is 3. The van der Waals surface area contributed by atoms with Crippen LogP contribution in [0.1, 0.15) is 32.6 Å². The van der Waals surface area contributed by atoms with Gasteiger partial charge in [0.25, 0.3) is 0 Å². The maximum atomic E-state index is 6.19. The molecule has 0 fully saturated rings. The van der Waals surface area contributed by atoms with E-state index in [2.05, 4.69) is 58.3 Å². The minimum Gasteiger partial charge on any atom is -0.463 e. The molecule has 3 aromatic carbocycles.